The number of anilines is 1. The number of fused-ring (bicyclic) bond motifs is 1. The third-order valence-corrected chi connectivity index (χ3v) is 8.48. The highest BCUT2D eigenvalue weighted by Crippen LogP contribution is 2.33. The number of nitrogens with zero attached hydrogens (tertiary/aromatic N) is 4. The molecule has 1 N–H and O–H groups in total. The number of rotatable bonds is 6. The Hall–Kier alpha value is -3.93. The third kappa shape index (κ3) is 4.89. The smallest absolute Gasteiger partial charge is 0.243 e. The van der Waals surface area contributed by atoms with Crippen molar-refractivity contribution >= 4 is 15.7 Å². The molecule has 8 heteroatoms. The van der Waals surface area contributed by atoms with Crippen LogP contribution >= 0.6 is 0 Å². The average Bonchev–Trinajstić information content (AvgIpc) is 3.35. The van der Waals surface area contributed by atoms with Gasteiger partial charge in [0.05, 0.1) is 35.1 Å². The average molecular weight is 498 g/mol. The zero-order chi connectivity index (χ0) is 25.1. The van der Waals surface area contributed by atoms with Crippen LogP contribution in [0.3, 0.4) is 0 Å². The van der Waals surface area contributed by atoms with Crippen molar-refractivity contribution in [1.29, 1.82) is 5.26 Å². The minimum absolute atomic E-state index is 0.176. The number of aryl methyl sites for hydroxylation is 1. The summed E-state index contributed by atoms with van der Waals surface area (Å²) >= 11 is 0. The van der Waals surface area contributed by atoms with Crippen LogP contribution in [0.4, 0.5) is 5.69 Å². The number of aromatic amines is 1. The molecule has 0 aliphatic carbocycles. The Morgan fingerprint density at radius 1 is 1.08 bits per heavy atom. The van der Waals surface area contributed by atoms with Crippen LogP contribution in [-0.2, 0) is 29.5 Å². The standard InChI is InChI=1S/C28H27N5O2S/c1-21-7-10-27(11-8-21)36(34,35)33-17-24-13-23(15-29)9-12-28(24)32(18-25-16-30-20-31-25)19-26(33)14-22-5-3-2-4-6-22/h2-13,16,20,26H,14,17-19H2,1H3,(H,30,31)/t26-/m1/s1. The molecule has 7 nitrogen and oxygen atoms in total. The molecule has 1 aromatic heterocycles. The summed E-state index contributed by atoms with van der Waals surface area (Å²) in [4.78, 5) is 9.84. The second-order valence-corrected chi connectivity index (χ2v) is 11.0. The number of nitriles is 1. The summed E-state index contributed by atoms with van der Waals surface area (Å²) in [5.41, 5.74) is 5.14. The molecule has 182 valence electrons. The van der Waals surface area contributed by atoms with E-state index in [1.165, 1.54) is 0 Å². The number of sulfonamides is 1. The summed E-state index contributed by atoms with van der Waals surface area (Å²) in [6.07, 6.45) is 4.05. The predicted molar refractivity (Wildman–Crippen MR) is 139 cm³/mol. The SMILES string of the molecule is Cc1ccc(S(=O)(=O)N2Cc3cc(C#N)ccc3N(Cc3c[nH]cn3)C[C@H]2Cc2ccccc2)cc1. The lowest BCUT2D eigenvalue weighted by molar-refractivity contribution is 0.318. The van der Waals surface area contributed by atoms with E-state index in [9.17, 15) is 13.7 Å². The minimum atomic E-state index is -3.82. The molecule has 0 fully saturated rings. The molecule has 0 unspecified atom stereocenters. The number of hydrogen-bond acceptors (Lipinski definition) is 5. The summed E-state index contributed by atoms with van der Waals surface area (Å²) in [7, 11) is -3.82. The van der Waals surface area contributed by atoms with E-state index >= 15 is 0 Å². The summed E-state index contributed by atoms with van der Waals surface area (Å²) in [5.74, 6) is 0. The van der Waals surface area contributed by atoms with Gasteiger partial charge in [-0.3, -0.25) is 0 Å². The largest absolute Gasteiger partial charge is 0.364 e. The lowest BCUT2D eigenvalue weighted by atomic mass is 10.1. The van der Waals surface area contributed by atoms with Gasteiger partial charge in [-0.2, -0.15) is 9.57 Å². The fourth-order valence-corrected chi connectivity index (χ4v) is 6.33. The molecule has 2 heterocycles. The zero-order valence-corrected chi connectivity index (χ0v) is 20.8. The molecule has 36 heavy (non-hydrogen) atoms. The Labute approximate surface area is 211 Å². The van der Waals surface area contributed by atoms with Gasteiger partial charge < -0.3 is 9.88 Å². The summed E-state index contributed by atoms with van der Waals surface area (Å²) in [6.45, 7) is 3.11. The molecule has 5 rings (SSSR count). The molecule has 3 aromatic carbocycles. The highest BCUT2D eigenvalue weighted by Gasteiger charge is 2.36. The Morgan fingerprint density at radius 2 is 1.86 bits per heavy atom. The Morgan fingerprint density at radius 3 is 2.56 bits per heavy atom. The van der Waals surface area contributed by atoms with Crippen LogP contribution < -0.4 is 4.90 Å². The van der Waals surface area contributed by atoms with Gasteiger partial charge in [0.15, 0.2) is 0 Å². The quantitative estimate of drug-likeness (QED) is 0.426. The molecule has 1 atom stereocenters. The molecular formula is C28H27N5O2S. The summed E-state index contributed by atoms with van der Waals surface area (Å²) in [6, 6.07) is 24.3. The minimum Gasteiger partial charge on any atom is -0.364 e. The van der Waals surface area contributed by atoms with E-state index in [0.717, 1.165) is 28.1 Å². The van der Waals surface area contributed by atoms with Gasteiger partial charge in [0.2, 0.25) is 10.0 Å². The van der Waals surface area contributed by atoms with E-state index in [1.54, 1.807) is 34.9 Å². The first-order valence-corrected chi connectivity index (χ1v) is 13.3. The zero-order valence-electron chi connectivity index (χ0n) is 20.0. The Bertz CT molecular complexity index is 1480. The van der Waals surface area contributed by atoms with Gasteiger partial charge >= 0.3 is 0 Å². The first kappa shape index (κ1) is 23.8. The lowest BCUT2D eigenvalue weighted by Gasteiger charge is -2.32. The van der Waals surface area contributed by atoms with Crippen molar-refractivity contribution in [2.45, 2.75) is 37.4 Å². The van der Waals surface area contributed by atoms with E-state index in [0.29, 0.717) is 25.1 Å². The number of nitrogens with one attached hydrogen (secondary N) is 1. The van der Waals surface area contributed by atoms with Crippen LogP contribution in [-0.4, -0.2) is 35.3 Å². The van der Waals surface area contributed by atoms with Crippen LogP contribution in [0.5, 0.6) is 0 Å². The highest BCUT2D eigenvalue weighted by molar-refractivity contribution is 7.89. The molecule has 0 spiro atoms. The van der Waals surface area contributed by atoms with Gasteiger partial charge in [0.25, 0.3) is 0 Å². The number of hydrogen-bond donors (Lipinski definition) is 1. The topological polar surface area (TPSA) is 93.1 Å². The van der Waals surface area contributed by atoms with Gasteiger partial charge in [-0.25, -0.2) is 13.4 Å². The molecule has 1 aliphatic rings. The first-order chi connectivity index (χ1) is 17.4. The molecule has 1 aliphatic heterocycles. The van der Waals surface area contributed by atoms with Gasteiger partial charge in [-0.1, -0.05) is 48.0 Å². The maximum absolute atomic E-state index is 14.1. The van der Waals surface area contributed by atoms with Crippen LogP contribution in [0.1, 0.15) is 27.9 Å². The van der Waals surface area contributed by atoms with Crippen molar-refractivity contribution in [3.8, 4) is 6.07 Å². The van der Waals surface area contributed by atoms with E-state index in [2.05, 4.69) is 20.9 Å². The summed E-state index contributed by atoms with van der Waals surface area (Å²) in [5, 5.41) is 9.55. The number of H-pyrrole nitrogens is 1. The molecule has 4 aromatic rings. The molecule has 0 saturated carbocycles. The number of aromatic nitrogens is 2. The first-order valence-electron chi connectivity index (χ1n) is 11.8. The van der Waals surface area contributed by atoms with E-state index in [-0.39, 0.29) is 17.5 Å². The van der Waals surface area contributed by atoms with Gasteiger partial charge in [0.1, 0.15) is 0 Å². The van der Waals surface area contributed by atoms with Crippen molar-refractivity contribution in [2.24, 2.45) is 0 Å². The van der Waals surface area contributed by atoms with Gasteiger partial charge in [-0.05, 0) is 54.8 Å². The van der Waals surface area contributed by atoms with E-state index < -0.39 is 10.0 Å². The lowest BCUT2D eigenvalue weighted by Crippen LogP contribution is -2.45. The van der Waals surface area contributed by atoms with Crippen molar-refractivity contribution in [3.63, 3.8) is 0 Å². The highest BCUT2D eigenvalue weighted by atomic mass is 32.2. The fraction of sp³-hybridized carbons (Fsp3) is 0.214. The molecule has 0 amide bonds. The second kappa shape index (κ2) is 9.97. The summed E-state index contributed by atoms with van der Waals surface area (Å²) < 4.78 is 29.7. The van der Waals surface area contributed by atoms with E-state index in [1.807, 2.05) is 61.7 Å². The molecule has 0 saturated heterocycles. The molecule has 0 bridgehead atoms. The number of benzene rings is 3. The van der Waals surface area contributed by atoms with Crippen LogP contribution in [0.2, 0.25) is 0 Å². The van der Waals surface area contributed by atoms with Crippen molar-refractivity contribution in [2.75, 3.05) is 11.4 Å². The van der Waals surface area contributed by atoms with Crippen molar-refractivity contribution < 1.29 is 8.42 Å². The van der Waals surface area contributed by atoms with Gasteiger partial charge in [0, 0.05) is 31.0 Å². The fourth-order valence-electron chi connectivity index (χ4n) is 4.73. The van der Waals surface area contributed by atoms with Gasteiger partial charge in [-0.15, -0.1) is 0 Å². The number of imidazole rings is 1. The second-order valence-electron chi connectivity index (χ2n) is 9.10. The normalized spacial score (nSPS) is 16.2. The monoisotopic (exact) mass is 497 g/mol. The van der Waals surface area contributed by atoms with Crippen molar-refractivity contribution in [1.82, 2.24) is 14.3 Å². The maximum Gasteiger partial charge on any atom is 0.243 e. The molecule has 0 radical (unpaired) electrons. The van der Waals surface area contributed by atoms with Crippen LogP contribution in [0, 0.1) is 18.3 Å². The van der Waals surface area contributed by atoms with Crippen LogP contribution in [0.25, 0.3) is 0 Å². The van der Waals surface area contributed by atoms with Crippen LogP contribution in [0.15, 0.2) is 90.2 Å². The predicted octanol–water partition coefficient (Wildman–Crippen LogP) is 4.41. The Kier molecular flexibility index (Phi) is 6.59. The third-order valence-electron chi connectivity index (χ3n) is 6.56. The maximum atomic E-state index is 14.1. The van der Waals surface area contributed by atoms with E-state index in [4.69, 9.17) is 0 Å². The molecular weight excluding hydrogens is 470 g/mol. The Balaban J connectivity index is 1.62. The van der Waals surface area contributed by atoms with Crippen molar-refractivity contribution in [3.05, 3.63) is 113 Å².